The van der Waals surface area contributed by atoms with Gasteiger partial charge >= 0.3 is 6.03 Å². The van der Waals surface area contributed by atoms with Gasteiger partial charge in [-0.3, -0.25) is 4.90 Å². The molecule has 0 unspecified atom stereocenters. The molecule has 1 aliphatic rings. The molecule has 2 rings (SSSR count). The predicted octanol–water partition coefficient (Wildman–Crippen LogP) is 2.71. The molecule has 2 heterocycles. The van der Waals surface area contributed by atoms with Crippen molar-refractivity contribution in [2.24, 2.45) is 0 Å². The van der Waals surface area contributed by atoms with Crippen LogP contribution in [-0.2, 0) is 6.54 Å². The van der Waals surface area contributed by atoms with Crippen LogP contribution in [0.2, 0.25) is 0 Å². The number of likely N-dealkylation sites (tertiary alicyclic amines) is 1. The molecule has 0 atom stereocenters. The van der Waals surface area contributed by atoms with Crippen molar-refractivity contribution in [1.29, 1.82) is 0 Å². The van der Waals surface area contributed by atoms with E-state index in [1.54, 1.807) is 6.20 Å². The lowest BCUT2D eigenvalue weighted by Crippen LogP contribution is -2.47. The number of aromatic nitrogens is 1. The molecule has 0 aliphatic carbocycles. The molecule has 1 aromatic rings. The van der Waals surface area contributed by atoms with Crippen molar-refractivity contribution < 1.29 is 9.53 Å². The molecule has 2 N–H and O–H groups in total. The molecule has 0 saturated carbocycles. The van der Waals surface area contributed by atoms with E-state index in [9.17, 15) is 4.79 Å². The number of carbonyl (C=O) groups is 1. The average molecular weight is 346 g/mol. The number of rotatable bonds is 7. The van der Waals surface area contributed by atoms with Crippen LogP contribution in [0, 0.1) is 0 Å². The number of urea groups is 1. The first kappa shape index (κ1) is 19.2. The van der Waals surface area contributed by atoms with Crippen molar-refractivity contribution in [2.75, 3.05) is 19.6 Å². The van der Waals surface area contributed by atoms with E-state index in [-0.39, 0.29) is 18.2 Å². The topological polar surface area (TPSA) is 66.5 Å². The second-order valence-corrected chi connectivity index (χ2v) is 7.01. The number of piperidine rings is 1. The number of hydrogen-bond donors (Lipinski definition) is 2. The number of pyridine rings is 1. The van der Waals surface area contributed by atoms with Gasteiger partial charge in [-0.2, -0.15) is 0 Å². The van der Waals surface area contributed by atoms with E-state index in [2.05, 4.69) is 27.1 Å². The third-order valence-corrected chi connectivity index (χ3v) is 4.02. The second-order valence-electron chi connectivity index (χ2n) is 7.01. The van der Waals surface area contributed by atoms with Crippen LogP contribution in [-0.4, -0.2) is 47.7 Å². The summed E-state index contributed by atoms with van der Waals surface area (Å²) in [4.78, 5) is 18.7. The van der Waals surface area contributed by atoms with Crippen LogP contribution in [0.1, 0.15) is 39.2 Å². The van der Waals surface area contributed by atoms with Gasteiger partial charge in [0.25, 0.3) is 0 Å². The highest BCUT2D eigenvalue weighted by molar-refractivity contribution is 5.74. The Morgan fingerprint density at radius 2 is 2.12 bits per heavy atom. The Balaban J connectivity index is 1.68. The van der Waals surface area contributed by atoms with Crippen molar-refractivity contribution in [3.8, 4) is 5.88 Å². The van der Waals surface area contributed by atoms with Gasteiger partial charge in [0, 0.05) is 44.5 Å². The molecule has 2 amide bonds. The number of hydrogen-bond acceptors (Lipinski definition) is 4. The molecule has 25 heavy (non-hydrogen) atoms. The fourth-order valence-corrected chi connectivity index (χ4v) is 2.86. The molecule has 1 aromatic heterocycles. The largest absolute Gasteiger partial charge is 0.475 e. The maximum Gasteiger partial charge on any atom is 0.315 e. The molecule has 1 fully saturated rings. The van der Waals surface area contributed by atoms with E-state index in [1.807, 2.05) is 32.9 Å². The summed E-state index contributed by atoms with van der Waals surface area (Å²) in [6.07, 6.45) is 3.78. The zero-order chi connectivity index (χ0) is 18.2. The van der Waals surface area contributed by atoms with E-state index < -0.39 is 0 Å². The lowest BCUT2D eigenvalue weighted by Gasteiger charge is -2.32. The van der Waals surface area contributed by atoms with Gasteiger partial charge in [-0.1, -0.05) is 18.2 Å². The predicted molar refractivity (Wildman–Crippen MR) is 99.6 cm³/mol. The first-order valence-corrected chi connectivity index (χ1v) is 8.95. The molecular weight excluding hydrogens is 316 g/mol. The van der Waals surface area contributed by atoms with Gasteiger partial charge in [-0.15, -0.1) is 0 Å². The van der Waals surface area contributed by atoms with Crippen molar-refractivity contribution in [2.45, 2.75) is 52.3 Å². The molecule has 138 valence electrons. The summed E-state index contributed by atoms with van der Waals surface area (Å²) in [5, 5.41) is 5.95. The van der Waals surface area contributed by atoms with Gasteiger partial charge in [0.15, 0.2) is 0 Å². The molecule has 0 aromatic carbocycles. The molecule has 0 spiro atoms. The zero-order valence-corrected chi connectivity index (χ0v) is 15.5. The molecular formula is C19H30N4O2. The minimum atomic E-state index is -0.124. The number of amides is 2. The van der Waals surface area contributed by atoms with E-state index in [0.717, 1.165) is 38.0 Å². The SMILES string of the molecule is C=C(C)CN1CCC(NC(=O)NCc2ccc(OC(C)C)nc2)CC1. The van der Waals surface area contributed by atoms with E-state index >= 15 is 0 Å². The van der Waals surface area contributed by atoms with Crippen molar-refractivity contribution >= 4 is 6.03 Å². The summed E-state index contributed by atoms with van der Waals surface area (Å²) in [5.41, 5.74) is 2.13. The Labute approximate surface area is 150 Å². The van der Waals surface area contributed by atoms with Crippen LogP contribution in [0.15, 0.2) is 30.5 Å². The molecule has 6 heteroatoms. The number of nitrogens with zero attached hydrogens (tertiary/aromatic N) is 2. The quantitative estimate of drug-likeness (QED) is 0.745. The van der Waals surface area contributed by atoms with Gasteiger partial charge < -0.3 is 15.4 Å². The Morgan fingerprint density at radius 1 is 1.40 bits per heavy atom. The highest BCUT2D eigenvalue weighted by Gasteiger charge is 2.20. The Hall–Kier alpha value is -2.08. The Kier molecular flexibility index (Phi) is 7.25. The highest BCUT2D eigenvalue weighted by Crippen LogP contribution is 2.12. The normalized spacial score (nSPS) is 15.8. The summed E-state index contributed by atoms with van der Waals surface area (Å²) < 4.78 is 5.51. The van der Waals surface area contributed by atoms with Gasteiger partial charge in [0.1, 0.15) is 0 Å². The summed E-state index contributed by atoms with van der Waals surface area (Å²) in [5.74, 6) is 0.602. The summed E-state index contributed by atoms with van der Waals surface area (Å²) in [6.45, 7) is 13.3. The summed E-state index contributed by atoms with van der Waals surface area (Å²) in [6, 6.07) is 3.86. The lowest BCUT2D eigenvalue weighted by atomic mass is 10.0. The zero-order valence-electron chi connectivity index (χ0n) is 15.5. The maximum atomic E-state index is 12.1. The Morgan fingerprint density at radius 3 is 2.68 bits per heavy atom. The summed E-state index contributed by atoms with van der Waals surface area (Å²) >= 11 is 0. The number of carbonyl (C=O) groups excluding carboxylic acids is 1. The van der Waals surface area contributed by atoms with Crippen LogP contribution >= 0.6 is 0 Å². The van der Waals surface area contributed by atoms with Crippen molar-refractivity contribution in [1.82, 2.24) is 20.5 Å². The first-order chi connectivity index (χ1) is 11.9. The van der Waals surface area contributed by atoms with Crippen LogP contribution in [0.5, 0.6) is 5.88 Å². The van der Waals surface area contributed by atoms with Crippen molar-refractivity contribution in [3.63, 3.8) is 0 Å². The van der Waals surface area contributed by atoms with Crippen molar-refractivity contribution in [3.05, 3.63) is 36.0 Å². The number of nitrogens with one attached hydrogen (secondary N) is 2. The minimum absolute atomic E-state index is 0.101. The standard InChI is InChI=1S/C19H30N4O2/c1-14(2)13-23-9-7-17(8-10-23)22-19(24)21-12-16-5-6-18(20-11-16)25-15(3)4/h5-6,11,15,17H,1,7-10,12-13H2,2-4H3,(H2,21,22,24). The molecule has 0 bridgehead atoms. The number of ether oxygens (including phenoxy) is 1. The monoisotopic (exact) mass is 346 g/mol. The molecule has 6 nitrogen and oxygen atoms in total. The van der Waals surface area contributed by atoms with Gasteiger partial charge in [0.05, 0.1) is 6.10 Å². The van der Waals surface area contributed by atoms with E-state index in [0.29, 0.717) is 12.4 Å². The van der Waals surface area contributed by atoms with E-state index in [4.69, 9.17) is 4.74 Å². The third-order valence-electron chi connectivity index (χ3n) is 4.02. The lowest BCUT2D eigenvalue weighted by molar-refractivity contribution is 0.201. The van der Waals surface area contributed by atoms with Gasteiger partial charge in [0.2, 0.25) is 5.88 Å². The highest BCUT2D eigenvalue weighted by atomic mass is 16.5. The fraction of sp³-hybridized carbons (Fsp3) is 0.579. The Bertz CT molecular complexity index is 563. The van der Waals surface area contributed by atoms with Crippen LogP contribution < -0.4 is 15.4 Å². The minimum Gasteiger partial charge on any atom is -0.475 e. The van der Waals surface area contributed by atoms with Crippen LogP contribution in [0.25, 0.3) is 0 Å². The average Bonchev–Trinajstić information content (AvgIpc) is 2.55. The second kappa shape index (κ2) is 9.42. The fourth-order valence-electron chi connectivity index (χ4n) is 2.86. The maximum absolute atomic E-state index is 12.1. The van der Waals surface area contributed by atoms with E-state index in [1.165, 1.54) is 5.57 Å². The molecule has 0 radical (unpaired) electrons. The first-order valence-electron chi connectivity index (χ1n) is 8.95. The molecule has 1 aliphatic heterocycles. The van der Waals surface area contributed by atoms with Gasteiger partial charge in [-0.25, -0.2) is 9.78 Å². The van der Waals surface area contributed by atoms with Crippen LogP contribution in [0.4, 0.5) is 4.79 Å². The third kappa shape index (κ3) is 7.13. The van der Waals surface area contributed by atoms with Crippen LogP contribution in [0.3, 0.4) is 0 Å². The summed E-state index contributed by atoms with van der Waals surface area (Å²) in [7, 11) is 0. The smallest absolute Gasteiger partial charge is 0.315 e. The molecule has 1 saturated heterocycles. The van der Waals surface area contributed by atoms with Gasteiger partial charge in [-0.05, 0) is 39.2 Å².